The van der Waals surface area contributed by atoms with E-state index in [2.05, 4.69) is 5.16 Å². The van der Waals surface area contributed by atoms with Gasteiger partial charge in [-0.05, 0) is 30.7 Å². The standard InChI is InChI=1S/C20H24FN3O4/c1-2-3-16-11-17(23-28-16)20(26)24-9-8-18(13(12-24)10-19(22)25)27-15-6-4-14(21)5-7-15/h4-7,11,13,18H,2-3,8-10,12H2,1H3,(H2,22,25)/t13-,18-/m0/s1. The molecule has 0 unspecified atom stereocenters. The van der Waals surface area contributed by atoms with Crippen LogP contribution in [0.25, 0.3) is 0 Å². The molecule has 2 atom stereocenters. The van der Waals surface area contributed by atoms with E-state index in [-0.39, 0.29) is 35.9 Å². The SMILES string of the molecule is CCCc1cc(C(=O)N2CC[C@H](Oc3ccc(F)cc3)[C@@H](CC(N)=O)C2)no1. The Bertz CT molecular complexity index is 821. The van der Waals surface area contributed by atoms with Crippen LogP contribution in [0.1, 0.15) is 42.4 Å². The molecular formula is C20H24FN3O4. The number of hydrogen-bond acceptors (Lipinski definition) is 5. The summed E-state index contributed by atoms with van der Waals surface area (Å²) in [6.45, 7) is 2.80. The average Bonchev–Trinajstić information content (AvgIpc) is 3.13. The smallest absolute Gasteiger partial charge is 0.276 e. The van der Waals surface area contributed by atoms with Crippen LogP contribution >= 0.6 is 0 Å². The lowest BCUT2D eigenvalue weighted by Gasteiger charge is -2.37. The quantitative estimate of drug-likeness (QED) is 0.785. The van der Waals surface area contributed by atoms with E-state index in [9.17, 15) is 14.0 Å². The molecule has 28 heavy (non-hydrogen) atoms. The maximum absolute atomic E-state index is 13.1. The molecule has 2 aromatic rings. The van der Waals surface area contributed by atoms with E-state index in [1.807, 2.05) is 6.92 Å². The Hall–Kier alpha value is -2.90. The average molecular weight is 389 g/mol. The van der Waals surface area contributed by atoms with Crippen molar-refractivity contribution >= 4 is 11.8 Å². The van der Waals surface area contributed by atoms with Gasteiger partial charge in [0.25, 0.3) is 5.91 Å². The van der Waals surface area contributed by atoms with Gasteiger partial charge in [-0.15, -0.1) is 0 Å². The maximum atomic E-state index is 13.1. The van der Waals surface area contributed by atoms with Crippen LogP contribution in [-0.2, 0) is 11.2 Å². The molecule has 2 heterocycles. The van der Waals surface area contributed by atoms with Crippen LogP contribution in [0.2, 0.25) is 0 Å². The summed E-state index contributed by atoms with van der Waals surface area (Å²) in [7, 11) is 0. The van der Waals surface area contributed by atoms with Gasteiger partial charge < -0.3 is 19.9 Å². The number of carbonyl (C=O) groups is 2. The third kappa shape index (κ3) is 4.88. The molecule has 1 aliphatic rings. The molecule has 150 valence electrons. The summed E-state index contributed by atoms with van der Waals surface area (Å²) in [5.41, 5.74) is 5.66. The van der Waals surface area contributed by atoms with Crippen LogP contribution in [0.3, 0.4) is 0 Å². The minimum Gasteiger partial charge on any atom is -0.490 e. The molecule has 0 radical (unpaired) electrons. The molecule has 1 aromatic heterocycles. The molecule has 0 spiro atoms. The number of rotatable bonds is 7. The Morgan fingerprint density at radius 3 is 2.79 bits per heavy atom. The van der Waals surface area contributed by atoms with Crippen molar-refractivity contribution in [2.24, 2.45) is 11.7 Å². The van der Waals surface area contributed by atoms with Crippen LogP contribution < -0.4 is 10.5 Å². The summed E-state index contributed by atoms with van der Waals surface area (Å²) in [5, 5.41) is 3.87. The van der Waals surface area contributed by atoms with Gasteiger partial charge in [0.2, 0.25) is 5.91 Å². The zero-order chi connectivity index (χ0) is 20.1. The lowest BCUT2D eigenvalue weighted by atomic mass is 9.91. The zero-order valence-corrected chi connectivity index (χ0v) is 15.8. The van der Waals surface area contributed by atoms with Crippen molar-refractivity contribution in [1.82, 2.24) is 10.1 Å². The number of nitrogens with zero attached hydrogens (tertiary/aromatic N) is 2. The minimum atomic E-state index is -0.460. The molecule has 2 N–H and O–H groups in total. The van der Waals surface area contributed by atoms with E-state index < -0.39 is 5.91 Å². The third-order valence-electron chi connectivity index (χ3n) is 4.79. The molecule has 1 aliphatic heterocycles. The Kier molecular flexibility index (Phi) is 6.28. The Labute approximate surface area is 162 Å². The van der Waals surface area contributed by atoms with E-state index in [4.69, 9.17) is 15.0 Å². The van der Waals surface area contributed by atoms with E-state index >= 15 is 0 Å². The number of aromatic nitrogens is 1. The first-order valence-electron chi connectivity index (χ1n) is 9.41. The Morgan fingerprint density at radius 1 is 1.36 bits per heavy atom. The van der Waals surface area contributed by atoms with Gasteiger partial charge >= 0.3 is 0 Å². The predicted molar refractivity (Wildman–Crippen MR) is 99.1 cm³/mol. The van der Waals surface area contributed by atoms with Crippen LogP contribution in [-0.4, -0.2) is 41.1 Å². The first-order valence-corrected chi connectivity index (χ1v) is 9.41. The Morgan fingerprint density at radius 2 is 2.11 bits per heavy atom. The molecule has 1 fully saturated rings. The lowest BCUT2D eigenvalue weighted by molar-refractivity contribution is -0.120. The molecule has 0 aliphatic carbocycles. The number of benzene rings is 1. The fourth-order valence-electron chi connectivity index (χ4n) is 3.43. The fourth-order valence-corrected chi connectivity index (χ4v) is 3.43. The number of hydrogen-bond donors (Lipinski definition) is 1. The van der Waals surface area contributed by atoms with E-state index in [0.717, 1.165) is 12.8 Å². The Balaban J connectivity index is 1.69. The number of nitrogens with two attached hydrogens (primary N) is 1. The second-order valence-corrected chi connectivity index (χ2v) is 7.01. The number of ether oxygens (including phenoxy) is 1. The van der Waals surface area contributed by atoms with Gasteiger partial charge in [0.15, 0.2) is 5.69 Å². The van der Waals surface area contributed by atoms with Crippen molar-refractivity contribution in [3.63, 3.8) is 0 Å². The van der Waals surface area contributed by atoms with Gasteiger partial charge in [-0.2, -0.15) is 0 Å². The highest BCUT2D eigenvalue weighted by atomic mass is 19.1. The first-order chi connectivity index (χ1) is 13.5. The van der Waals surface area contributed by atoms with Gasteiger partial charge in [0.05, 0.1) is 0 Å². The number of aryl methyl sites for hydroxylation is 1. The molecule has 1 saturated heterocycles. The normalized spacial score (nSPS) is 19.4. The highest BCUT2D eigenvalue weighted by Crippen LogP contribution is 2.26. The van der Waals surface area contributed by atoms with Crippen molar-refractivity contribution in [2.75, 3.05) is 13.1 Å². The third-order valence-corrected chi connectivity index (χ3v) is 4.79. The number of halogens is 1. The topological polar surface area (TPSA) is 98.7 Å². The largest absolute Gasteiger partial charge is 0.490 e. The van der Waals surface area contributed by atoms with Crippen molar-refractivity contribution in [1.29, 1.82) is 0 Å². The number of piperidine rings is 1. The van der Waals surface area contributed by atoms with Crippen LogP contribution in [0.15, 0.2) is 34.9 Å². The molecule has 8 heteroatoms. The van der Waals surface area contributed by atoms with Gasteiger partial charge in [-0.25, -0.2) is 4.39 Å². The lowest BCUT2D eigenvalue weighted by Crippen LogP contribution is -2.49. The van der Waals surface area contributed by atoms with Gasteiger partial charge in [-0.1, -0.05) is 12.1 Å². The van der Waals surface area contributed by atoms with Gasteiger partial charge in [0, 0.05) is 44.3 Å². The molecule has 7 nitrogen and oxygen atoms in total. The fraction of sp³-hybridized carbons (Fsp3) is 0.450. The van der Waals surface area contributed by atoms with Crippen molar-refractivity contribution in [3.8, 4) is 5.75 Å². The number of amides is 2. The van der Waals surface area contributed by atoms with Gasteiger partial charge in [0.1, 0.15) is 23.4 Å². The zero-order valence-electron chi connectivity index (χ0n) is 15.8. The summed E-state index contributed by atoms with van der Waals surface area (Å²) in [5.74, 6) is -0.117. The number of likely N-dealkylation sites (tertiary alicyclic amines) is 1. The highest BCUT2D eigenvalue weighted by Gasteiger charge is 2.35. The summed E-state index contributed by atoms with van der Waals surface area (Å²) >= 11 is 0. The van der Waals surface area contributed by atoms with Crippen LogP contribution in [0, 0.1) is 11.7 Å². The first kappa shape index (κ1) is 19.9. The van der Waals surface area contributed by atoms with Crippen molar-refractivity contribution in [3.05, 3.63) is 47.6 Å². The summed E-state index contributed by atoms with van der Waals surface area (Å²) < 4.78 is 24.2. The van der Waals surface area contributed by atoms with Crippen LogP contribution in [0.5, 0.6) is 5.75 Å². The van der Waals surface area contributed by atoms with Crippen molar-refractivity contribution in [2.45, 2.75) is 38.7 Å². The second kappa shape index (κ2) is 8.86. The number of primary amides is 1. The van der Waals surface area contributed by atoms with E-state index in [1.54, 1.807) is 23.1 Å². The molecule has 2 amide bonds. The summed E-state index contributed by atoms with van der Waals surface area (Å²) in [4.78, 5) is 25.9. The van der Waals surface area contributed by atoms with Gasteiger partial charge in [-0.3, -0.25) is 9.59 Å². The van der Waals surface area contributed by atoms with Crippen molar-refractivity contribution < 1.29 is 23.2 Å². The highest BCUT2D eigenvalue weighted by molar-refractivity contribution is 5.92. The monoisotopic (exact) mass is 389 g/mol. The molecular weight excluding hydrogens is 365 g/mol. The molecule has 3 rings (SSSR count). The van der Waals surface area contributed by atoms with Crippen LogP contribution in [0.4, 0.5) is 4.39 Å². The maximum Gasteiger partial charge on any atom is 0.276 e. The molecule has 1 aromatic carbocycles. The predicted octanol–water partition coefficient (Wildman–Crippen LogP) is 2.55. The summed E-state index contributed by atoms with van der Waals surface area (Å²) in [6.07, 6.45) is 1.94. The van der Waals surface area contributed by atoms with E-state index in [0.29, 0.717) is 31.0 Å². The minimum absolute atomic E-state index is 0.0928. The molecule has 0 bridgehead atoms. The van der Waals surface area contributed by atoms with E-state index in [1.165, 1.54) is 12.1 Å². The summed E-state index contributed by atoms with van der Waals surface area (Å²) in [6, 6.07) is 7.37. The number of carbonyl (C=O) groups excluding carboxylic acids is 2. The molecule has 0 saturated carbocycles. The second-order valence-electron chi connectivity index (χ2n) is 7.01.